The molecule has 3 nitrogen and oxygen atoms in total. The Bertz CT molecular complexity index is 375. The van der Waals surface area contributed by atoms with Crippen molar-refractivity contribution in [3.05, 3.63) is 29.8 Å². The molecule has 2 rings (SSSR count). The van der Waals surface area contributed by atoms with Gasteiger partial charge in [-0.3, -0.25) is 0 Å². The minimum Gasteiger partial charge on any atom is -0.383 e. The van der Waals surface area contributed by atoms with Gasteiger partial charge in [0.2, 0.25) is 0 Å². The molecule has 0 radical (unpaired) electrons. The van der Waals surface area contributed by atoms with Gasteiger partial charge in [0, 0.05) is 39.0 Å². The number of hydrogen-bond donors (Lipinski definition) is 1. The Kier molecular flexibility index (Phi) is 5.67. The lowest BCUT2D eigenvalue weighted by atomic mass is 10.1. The molecule has 0 spiro atoms. The maximum absolute atomic E-state index is 5.07. The molecule has 0 saturated heterocycles. The van der Waals surface area contributed by atoms with Crippen molar-refractivity contribution in [2.24, 2.45) is 0 Å². The Morgan fingerprint density at radius 3 is 2.74 bits per heavy atom. The Labute approximate surface area is 116 Å². The van der Waals surface area contributed by atoms with Gasteiger partial charge in [0.25, 0.3) is 0 Å². The summed E-state index contributed by atoms with van der Waals surface area (Å²) in [4.78, 5) is 2.47. The van der Waals surface area contributed by atoms with E-state index >= 15 is 0 Å². The largest absolute Gasteiger partial charge is 0.383 e. The number of anilines is 1. The van der Waals surface area contributed by atoms with Crippen LogP contribution in [0.25, 0.3) is 0 Å². The van der Waals surface area contributed by atoms with Gasteiger partial charge in [-0.15, -0.1) is 0 Å². The number of hydrogen-bond acceptors (Lipinski definition) is 3. The summed E-state index contributed by atoms with van der Waals surface area (Å²) in [6.07, 6.45) is 5.43. The van der Waals surface area contributed by atoms with Crippen molar-refractivity contribution in [1.29, 1.82) is 0 Å². The third kappa shape index (κ3) is 3.95. The summed E-state index contributed by atoms with van der Waals surface area (Å²) >= 11 is 0. The van der Waals surface area contributed by atoms with Crippen molar-refractivity contribution in [2.75, 3.05) is 32.2 Å². The van der Waals surface area contributed by atoms with Crippen LogP contribution in [-0.2, 0) is 11.3 Å². The number of nitrogens with zero attached hydrogens (tertiary/aromatic N) is 1. The van der Waals surface area contributed by atoms with E-state index in [1.165, 1.54) is 36.9 Å². The van der Waals surface area contributed by atoms with Crippen LogP contribution in [0.2, 0.25) is 0 Å². The topological polar surface area (TPSA) is 24.5 Å². The SMILES string of the molecule is COCCNCc1ccccc1N(C)C1CCCC1. The van der Waals surface area contributed by atoms with Gasteiger partial charge >= 0.3 is 0 Å². The van der Waals surface area contributed by atoms with Gasteiger partial charge in [0.1, 0.15) is 0 Å². The van der Waals surface area contributed by atoms with Crippen LogP contribution in [0.15, 0.2) is 24.3 Å². The number of rotatable bonds is 7. The van der Waals surface area contributed by atoms with Gasteiger partial charge in [-0.25, -0.2) is 0 Å². The summed E-state index contributed by atoms with van der Waals surface area (Å²) < 4.78 is 5.07. The lowest BCUT2D eigenvalue weighted by Gasteiger charge is -2.28. The van der Waals surface area contributed by atoms with Gasteiger partial charge in [-0.1, -0.05) is 31.0 Å². The van der Waals surface area contributed by atoms with E-state index in [9.17, 15) is 0 Å². The second kappa shape index (κ2) is 7.51. The first kappa shape index (κ1) is 14.4. The molecule has 0 bridgehead atoms. The molecule has 19 heavy (non-hydrogen) atoms. The zero-order valence-electron chi connectivity index (χ0n) is 12.2. The second-order valence-electron chi connectivity index (χ2n) is 5.35. The van der Waals surface area contributed by atoms with Crippen molar-refractivity contribution >= 4 is 5.69 Å². The molecular formula is C16H26N2O. The Morgan fingerprint density at radius 2 is 2.00 bits per heavy atom. The van der Waals surface area contributed by atoms with Crippen LogP contribution in [0.5, 0.6) is 0 Å². The zero-order chi connectivity index (χ0) is 13.5. The first-order valence-corrected chi connectivity index (χ1v) is 7.33. The highest BCUT2D eigenvalue weighted by Crippen LogP contribution is 2.29. The van der Waals surface area contributed by atoms with E-state index in [0.717, 1.165) is 25.7 Å². The molecule has 0 heterocycles. The smallest absolute Gasteiger partial charge is 0.0587 e. The van der Waals surface area contributed by atoms with E-state index in [1.807, 2.05) is 0 Å². The molecule has 1 aromatic rings. The summed E-state index contributed by atoms with van der Waals surface area (Å²) in [6.45, 7) is 2.58. The average molecular weight is 262 g/mol. The Morgan fingerprint density at radius 1 is 1.26 bits per heavy atom. The number of nitrogens with one attached hydrogen (secondary N) is 1. The second-order valence-corrected chi connectivity index (χ2v) is 5.35. The summed E-state index contributed by atoms with van der Waals surface area (Å²) in [5.41, 5.74) is 2.76. The quantitative estimate of drug-likeness (QED) is 0.765. The van der Waals surface area contributed by atoms with Gasteiger partial charge in [-0.2, -0.15) is 0 Å². The molecule has 0 unspecified atom stereocenters. The van der Waals surface area contributed by atoms with Gasteiger partial charge in [0.15, 0.2) is 0 Å². The summed E-state index contributed by atoms with van der Waals surface area (Å²) in [6, 6.07) is 9.45. The zero-order valence-corrected chi connectivity index (χ0v) is 12.2. The minimum absolute atomic E-state index is 0.722. The molecule has 1 fully saturated rings. The monoisotopic (exact) mass is 262 g/mol. The van der Waals surface area contributed by atoms with Crippen LogP contribution in [-0.4, -0.2) is 33.4 Å². The van der Waals surface area contributed by atoms with E-state index in [2.05, 4.69) is 41.5 Å². The predicted molar refractivity (Wildman–Crippen MR) is 80.7 cm³/mol. The predicted octanol–water partition coefficient (Wildman–Crippen LogP) is 2.80. The molecule has 1 N–H and O–H groups in total. The molecule has 1 saturated carbocycles. The van der Waals surface area contributed by atoms with Crippen molar-refractivity contribution in [3.8, 4) is 0 Å². The lowest BCUT2D eigenvalue weighted by Crippen LogP contribution is -2.30. The normalized spacial score (nSPS) is 15.9. The van der Waals surface area contributed by atoms with Crippen molar-refractivity contribution in [2.45, 2.75) is 38.3 Å². The maximum atomic E-state index is 5.07. The van der Waals surface area contributed by atoms with Crippen LogP contribution in [0, 0.1) is 0 Å². The maximum Gasteiger partial charge on any atom is 0.0587 e. The fraction of sp³-hybridized carbons (Fsp3) is 0.625. The van der Waals surface area contributed by atoms with E-state index in [4.69, 9.17) is 4.74 Å². The molecule has 3 heteroatoms. The Balaban J connectivity index is 1.98. The van der Waals surface area contributed by atoms with E-state index < -0.39 is 0 Å². The van der Waals surface area contributed by atoms with Gasteiger partial charge in [-0.05, 0) is 24.5 Å². The van der Waals surface area contributed by atoms with Crippen molar-refractivity contribution in [3.63, 3.8) is 0 Å². The van der Waals surface area contributed by atoms with Gasteiger partial charge in [0.05, 0.1) is 6.61 Å². The van der Waals surface area contributed by atoms with Crippen molar-refractivity contribution < 1.29 is 4.74 Å². The number of benzene rings is 1. The van der Waals surface area contributed by atoms with Crippen LogP contribution >= 0.6 is 0 Å². The minimum atomic E-state index is 0.722. The average Bonchev–Trinajstić information content (AvgIpc) is 2.97. The molecular weight excluding hydrogens is 236 g/mol. The molecule has 1 aliphatic rings. The number of ether oxygens (including phenoxy) is 1. The van der Waals surface area contributed by atoms with E-state index in [0.29, 0.717) is 0 Å². The molecule has 0 aromatic heterocycles. The van der Waals surface area contributed by atoms with Crippen molar-refractivity contribution in [1.82, 2.24) is 5.32 Å². The van der Waals surface area contributed by atoms with E-state index in [1.54, 1.807) is 7.11 Å². The highest BCUT2D eigenvalue weighted by molar-refractivity contribution is 5.54. The fourth-order valence-electron chi connectivity index (χ4n) is 2.89. The molecule has 106 valence electrons. The lowest BCUT2D eigenvalue weighted by molar-refractivity contribution is 0.199. The number of para-hydroxylation sites is 1. The van der Waals surface area contributed by atoms with E-state index in [-0.39, 0.29) is 0 Å². The molecule has 0 aliphatic heterocycles. The molecule has 1 aromatic carbocycles. The summed E-state index contributed by atoms with van der Waals surface area (Å²) in [7, 11) is 3.98. The number of methoxy groups -OCH3 is 1. The molecule has 0 atom stereocenters. The molecule has 1 aliphatic carbocycles. The van der Waals surface area contributed by atoms with Gasteiger partial charge < -0.3 is 15.0 Å². The fourth-order valence-corrected chi connectivity index (χ4v) is 2.89. The Hall–Kier alpha value is -1.06. The first-order valence-electron chi connectivity index (χ1n) is 7.33. The van der Waals surface area contributed by atoms with Crippen LogP contribution in [0.3, 0.4) is 0 Å². The third-order valence-corrected chi connectivity index (χ3v) is 4.04. The van der Waals surface area contributed by atoms with Crippen LogP contribution in [0.1, 0.15) is 31.2 Å². The summed E-state index contributed by atoms with van der Waals surface area (Å²) in [5.74, 6) is 0. The van der Waals surface area contributed by atoms with Crippen LogP contribution < -0.4 is 10.2 Å². The highest BCUT2D eigenvalue weighted by Gasteiger charge is 2.21. The van der Waals surface area contributed by atoms with Crippen LogP contribution in [0.4, 0.5) is 5.69 Å². The standard InChI is InChI=1S/C16H26N2O/c1-18(15-8-4-5-9-15)16-10-6-3-7-14(16)13-17-11-12-19-2/h3,6-7,10,15,17H,4-5,8-9,11-13H2,1-2H3. The first-order chi connectivity index (χ1) is 9.33. The molecule has 0 amide bonds. The highest BCUT2D eigenvalue weighted by atomic mass is 16.5. The third-order valence-electron chi connectivity index (χ3n) is 4.04. The summed E-state index contributed by atoms with van der Waals surface area (Å²) in [5, 5.41) is 3.44.